The van der Waals surface area contributed by atoms with E-state index in [4.69, 9.17) is 9.84 Å². The maximum absolute atomic E-state index is 12.1. The largest absolute Gasteiger partial charge is 0.497 e. The van der Waals surface area contributed by atoms with Crippen molar-refractivity contribution in [1.82, 2.24) is 10.3 Å². The number of thiazole rings is 1. The fourth-order valence-corrected chi connectivity index (χ4v) is 3.54. The Bertz CT molecular complexity index is 700. The molecule has 2 N–H and O–H groups in total. The number of aromatic nitrogens is 1. The molecule has 2 rings (SSSR count). The molecule has 0 aliphatic carbocycles. The quantitative estimate of drug-likeness (QED) is 0.699. The van der Waals surface area contributed by atoms with E-state index in [1.807, 2.05) is 31.2 Å². The zero-order valence-corrected chi connectivity index (χ0v) is 14.9. The first-order valence-corrected chi connectivity index (χ1v) is 9.01. The van der Waals surface area contributed by atoms with Gasteiger partial charge in [0.1, 0.15) is 5.75 Å². The van der Waals surface area contributed by atoms with Gasteiger partial charge in [0.05, 0.1) is 17.4 Å². The third-order valence-corrected chi connectivity index (χ3v) is 5.17. The minimum atomic E-state index is -1.04. The van der Waals surface area contributed by atoms with E-state index >= 15 is 0 Å². The smallest absolute Gasteiger partial charge is 0.355 e. The summed E-state index contributed by atoms with van der Waals surface area (Å²) in [4.78, 5) is 27.8. The summed E-state index contributed by atoms with van der Waals surface area (Å²) in [5.41, 5.74) is 0.0461. The van der Waals surface area contributed by atoms with Crippen LogP contribution in [0.15, 0.2) is 34.5 Å². The van der Waals surface area contributed by atoms with Crippen molar-refractivity contribution in [1.29, 1.82) is 0 Å². The average Bonchev–Trinajstić information content (AvgIpc) is 3.04. The Kier molecular flexibility index (Phi) is 6.62. The summed E-state index contributed by atoms with van der Waals surface area (Å²) in [6, 6.07) is 7.54. The van der Waals surface area contributed by atoms with Crippen molar-refractivity contribution in [2.24, 2.45) is 0 Å². The lowest BCUT2D eigenvalue weighted by Gasteiger charge is -2.12. The lowest BCUT2D eigenvalue weighted by molar-refractivity contribution is -0.120. The monoisotopic (exact) mass is 366 g/mol. The van der Waals surface area contributed by atoms with E-state index in [2.05, 4.69) is 10.3 Å². The Morgan fingerprint density at radius 3 is 2.67 bits per heavy atom. The number of methoxy groups -OCH3 is 1. The molecule has 24 heavy (non-hydrogen) atoms. The average molecular weight is 366 g/mol. The number of carboxylic acid groups (broad SMARTS) is 1. The normalized spacial score (nSPS) is 11.8. The summed E-state index contributed by atoms with van der Waals surface area (Å²) >= 11 is 2.75. The number of nitrogens with one attached hydrogen (secondary N) is 1. The van der Waals surface area contributed by atoms with Crippen molar-refractivity contribution in [2.45, 2.75) is 23.5 Å². The second-order valence-electron chi connectivity index (χ2n) is 4.91. The highest BCUT2D eigenvalue weighted by Crippen LogP contribution is 2.25. The van der Waals surface area contributed by atoms with Crippen molar-refractivity contribution >= 4 is 35.0 Å². The van der Waals surface area contributed by atoms with Crippen molar-refractivity contribution in [2.75, 3.05) is 13.7 Å². The SMILES string of the molecule is COc1ccc(SC(C)C(=O)NCCc2nc(C(=O)O)cs2)cc1. The van der Waals surface area contributed by atoms with Crippen LogP contribution in [0.2, 0.25) is 0 Å². The first kappa shape index (κ1) is 18.3. The van der Waals surface area contributed by atoms with Gasteiger partial charge < -0.3 is 15.2 Å². The zero-order chi connectivity index (χ0) is 17.5. The van der Waals surface area contributed by atoms with Crippen molar-refractivity contribution in [3.8, 4) is 5.75 Å². The van der Waals surface area contributed by atoms with Gasteiger partial charge in [0.15, 0.2) is 5.69 Å². The maximum Gasteiger partial charge on any atom is 0.355 e. The lowest BCUT2D eigenvalue weighted by Crippen LogP contribution is -2.32. The molecule has 1 amide bonds. The Morgan fingerprint density at radius 1 is 1.38 bits per heavy atom. The molecule has 0 fully saturated rings. The molecule has 1 aromatic carbocycles. The number of thioether (sulfide) groups is 1. The molecule has 8 heteroatoms. The topological polar surface area (TPSA) is 88.5 Å². The zero-order valence-electron chi connectivity index (χ0n) is 13.3. The minimum Gasteiger partial charge on any atom is -0.497 e. The standard InChI is InChI=1S/C16H18N2O4S2/c1-10(24-12-5-3-11(22-2)4-6-12)15(19)17-8-7-14-18-13(9-23-14)16(20)21/h3-6,9-10H,7-8H2,1-2H3,(H,17,19)(H,20,21). The van der Waals surface area contributed by atoms with Crippen LogP contribution in [-0.4, -0.2) is 40.9 Å². The van der Waals surface area contributed by atoms with Gasteiger partial charge in [0.25, 0.3) is 0 Å². The van der Waals surface area contributed by atoms with Crippen molar-refractivity contribution in [3.63, 3.8) is 0 Å². The fourth-order valence-electron chi connectivity index (χ4n) is 1.87. The molecular formula is C16H18N2O4S2. The van der Waals surface area contributed by atoms with Crippen LogP contribution in [0, 0.1) is 0 Å². The van der Waals surface area contributed by atoms with Crippen LogP contribution in [0.3, 0.4) is 0 Å². The molecule has 0 bridgehead atoms. The van der Waals surface area contributed by atoms with Crippen molar-refractivity contribution < 1.29 is 19.4 Å². The van der Waals surface area contributed by atoms with E-state index in [-0.39, 0.29) is 16.9 Å². The number of hydrogen-bond donors (Lipinski definition) is 2. The first-order chi connectivity index (χ1) is 11.5. The Labute approximate surface area is 148 Å². The van der Waals surface area contributed by atoms with Gasteiger partial charge in [0, 0.05) is 23.2 Å². The van der Waals surface area contributed by atoms with Gasteiger partial charge in [-0.05, 0) is 31.2 Å². The third kappa shape index (κ3) is 5.24. The molecule has 0 aliphatic rings. The summed E-state index contributed by atoms with van der Waals surface area (Å²) < 4.78 is 5.10. The van der Waals surface area contributed by atoms with Gasteiger partial charge in [-0.2, -0.15) is 0 Å². The predicted molar refractivity (Wildman–Crippen MR) is 94.1 cm³/mol. The number of carbonyl (C=O) groups excluding carboxylic acids is 1. The number of benzene rings is 1. The van der Waals surface area contributed by atoms with E-state index < -0.39 is 5.97 Å². The van der Waals surface area contributed by atoms with E-state index in [1.54, 1.807) is 7.11 Å². The molecule has 0 radical (unpaired) electrons. The highest BCUT2D eigenvalue weighted by Gasteiger charge is 2.14. The Balaban J connectivity index is 1.77. The second kappa shape index (κ2) is 8.70. The molecule has 1 unspecified atom stereocenters. The number of aromatic carboxylic acids is 1. The van der Waals surface area contributed by atoms with Crippen LogP contribution in [0.4, 0.5) is 0 Å². The molecule has 2 aromatic rings. The van der Waals surface area contributed by atoms with E-state index in [0.29, 0.717) is 18.0 Å². The molecule has 1 aromatic heterocycles. The lowest BCUT2D eigenvalue weighted by atomic mass is 10.3. The minimum absolute atomic E-state index is 0.0461. The number of hydrogen-bond acceptors (Lipinski definition) is 6. The maximum atomic E-state index is 12.1. The van der Waals surface area contributed by atoms with Crippen molar-refractivity contribution in [3.05, 3.63) is 40.3 Å². The van der Waals surface area contributed by atoms with Gasteiger partial charge in [-0.1, -0.05) is 0 Å². The molecule has 0 aliphatic heterocycles. The summed E-state index contributed by atoms with van der Waals surface area (Å²) in [5.74, 6) is -0.322. The van der Waals surface area contributed by atoms with Gasteiger partial charge in [-0.15, -0.1) is 23.1 Å². The molecule has 0 saturated carbocycles. The Hall–Kier alpha value is -2.06. The fraction of sp³-hybridized carbons (Fsp3) is 0.312. The van der Waals surface area contributed by atoms with E-state index in [1.165, 1.54) is 28.5 Å². The number of amides is 1. The molecule has 0 saturated heterocycles. The van der Waals surface area contributed by atoms with E-state index in [0.717, 1.165) is 10.6 Å². The van der Waals surface area contributed by atoms with Crippen LogP contribution in [0.25, 0.3) is 0 Å². The highest BCUT2D eigenvalue weighted by atomic mass is 32.2. The third-order valence-electron chi connectivity index (χ3n) is 3.15. The Morgan fingerprint density at radius 2 is 2.08 bits per heavy atom. The van der Waals surface area contributed by atoms with Gasteiger partial charge in [-0.25, -0.2) is 9.78 Å². The van der Waals surface area contributed by atoms with Gasteiger partial charge in [-0.3, -0.25) is 4.79 Å². The number of ether oxygens (including phenoxy) is 1. The second-order valence-corrected chi connectivity index (χ2v) is 7.27. The number of nitrogens with zero attached hydrogens (tertiary/aromatic N) is 1. The molecule has 0 spiro atoms. The predicted octanol–water partition coefficient (Wildman–Crippen LogP) is 2.69. The van der Waals surface area contributed by atoms with Crippen LogP contribution in [-0.2, 0) is 11.2 Å². The van der Waals surface area contributed by atoms with Crippen LogP contribution in [0.1, 0.15) is 22.4 Å². The number of carboxylic acids is 1. The van der Waals surface area contributed by atoms with Gasteiger partial charge >= 0.3 is 5.97 Å². The first-order valence-electron chi connectivity index (χ1n) is 7.25. The van der Waals surface area contributed by atoms with Crippen LogP contribution < -0.4 is 10.1 Å². The summed E-state index contributed by atoms with van der Waals surface area (Å²) in [7, 11) is 1.61. The molecule has 128 valence electrons. The summed E-state index contributed by atoms with van der Waals surface area (Å²) in [6.07, 6.45) is 0.517. The van der Waals surface area contributed by atoms with Crippen LogP contribution in [0.5, 0.6) is 5.75 Å². The highest BCUT2D eigenvalue weighted by molar-refractivity contribution is 8.00. The number of carbonyl (C=O) groups is 2. The molecular weight excluding hydrogens is 348 g/mol. The summed E-state index contributed by atoms with van der Waals surface area (Å²) in [5, 5.41) is 13.6. The number of rotatable bonds is 8. The van der Waals surface area contributed by atoms with Crippen LogP contribution >= 0.6 is 23.1 Å². The molecule has 1 atom stereocenters. The summed E-state index contributed by atoms with van der Waals surface area (Å²) in [6.45, 7) is 2.27. The van der Waals surface area contributed by atoms with E-state index in [9.17, 15) is 9.59 Å². The molecule has 1 heterocycles. The molecule has 6 nitrogen and oxygen atoms in total. The van der Waals surface area contributed by atoms with Gasteiger partial charge in [0.2, 0.25) is 5.91 Å².